The van der Waals surface area contributed by atoms with Crippen LogP contribution in [0.2, 0.25) is 5.02 Å². The zero-order chi connectivity index (χ0) is 27.2. The van der Waals surface area contributed by atoms with Gasteiger partial charge in [-0.05, 0) is 72.9 Å². The van der Waals surface area contributed by atoms with Crippen molar-refractivity contribution in [1.29, 1.82) is 0 Å². The van der Waals surface area contributed by atoms with Gasteiger partial charge in [-0.15, -0.1) is 0 Å². The van der Waals surface area contributed by atoms with Crippen LogP contribution in [-0.2, 0) is 6.61 Å². The molecular formula is C29H27ClN2O6. The van der Waals surface area contributed by atoms with E-state index in [1.807, 2.05) is 31.2 Å². The Morgan fingerprint density at radius 2 is 1.76 bits per heavy atom. The molecule has 0 saturated heterocycles. The fourth-order valence-corrected chi connectivity index (χ4v) is 3.81. The lowest BCUT2D eigenvalue weighted by Gasteiger charge is -2.10. The van der Waals surface area contributed by atoms with Crippen molar-refractivity contribution in [2.75, 3.05) is 5.32 Å². The van der Waals surface area contributed by atoms with Crippen LogP contribution in [0.15, 0.2) is 77.2 Å². The van der Waals surface area contributed by atoms with Crippen molar-refractivity contribution in [3.63, 3.8) is 0 Å². The number of nitrogens with one attached hydrogen (secondary N) is 1. The van der Waals surface area contributed by atoms with Crippen molar-refractivity contribution in [2.45, 2.75) is 39.7 Å². The topological polar surface area (TPSA) is 104 Å². The molecule has 0 fully saturated rings. The van der Waals surface area contributed by atoms with Gasteiger partial charge in [-0.3, -0.25) is 14.9 Å². The van der Waals surface area contributed by atoms with Crippen molar-refractivity contribution in [1.82, 2.24) is 0 Å². The quantitative estimate of drug-likeness (QED) is 0.162. The summed E-state index contributed by atoms with van der Waals surface area (Å²) in [5.41, 5.74) is 1.98. The number of benzene rings is 3. The molecule has 0 saturated carbocycles. The third kappa shape index (κ3) is 6.72. The second kappa shape index (κ2) is 11.8. The molecule has 3 aromatic carbocycles. The van der Waals surface area contributed by atoms with Crippen molar-refractivity contribution in [3.8, 4) is 17.2 Å². The summed E-state index contributed by atoms with van der Waals surface area (Å²) in [5.74, 6) is 1.74. The van der Waals surface area contributed by atoms with Gasteiger partial charge in [0.05, 0.1) is 16.7 Å². The number of rotatable bonds is 10. The minimum Gasteiger partial charge on any atom is -0.486 e. The van der Waals surface area contributed by atoms with E-state index >= 15 is 0 Å². The van der Waals surface area contributed by atoms with Crippen LogP contribution in [-0.4, -0.2) is 10.8 Å². The Morgan fingerprint density at radius 3 is 2.45 bits per heavy atom. The van der Waals surface area contributed by atoms with Gasteiger partial charge < -0.3 is 19.2 Å². The largest absolute Gasteiger partial charge is 0.486 e. The van der Waals surface area contributed by atoms with E-state index in [0.717, 1.165) is 12.0 Å². The van der Waals surface area contributed by atoms with Crippen molar-refractivity contribution in [3.05, 3.63) is 111 Å². The Kier molecular flexibility index (Phi) is 8.33. The smallest absolute Gasteiger partial charge is 0.291 e. The number of carbonyl (C=O) groups excluding carboxylic acids is 1. The predicted octanol–water partition coefficient (Wildman–Crippen LogP) is 8.29. The van der Waals surface area contributed by atoms with Gasteiger partial charge in [-0.1, -0.05) is 37.6 Å². The summed E-state index contributed by atoms with van der Waals surface area (Å²) in [4.78, 5) is 23.7. The highest BCUT2D eigenvalue weighted by molar-refractivity contribution is 6.31. The molecule has 0 aliphatic heterocycles. The van der Waals surface area contributed by atoms with Crippen molar-refractivity contribution >= 4 is 28.9 Å². The van der Waals surface area contributed by atoms with E-state index in [0.29, 0.717) is 28.2 Å². The zero-order valence-corrected chi connectivity index (χ0v) is 22.0. The second-order valence-corrected chi connectivity index (χ2v) is 9.28. The van der Waals surface area contributed by atoms with E-state index in [2.05, 4.69) is 19.2 Å². The third-order valence-electron chi connectivity index (χ3n) is 6.05. The summed E-state index contributed by atoms with van der Waals surface area (Å²) in [5, 5.41) is 14.7. The fraction of sp³-hybridized carbons (Fsp3) is 0.207. The predicted molar refractivity (Wildman–Crippen MR) is 146 cm³/mol. The summed E-state index contributed by atoms with van der Waals surface area (Å²) in [6, 6.07) is 20.1. The average Bonchev–Trinajstić information content (AvgIpc) is 3.39. The van der Waals surface area contributed by atoms with Crippen LogP contribution in [0.1, 0.15) is 53.6 Å². The van der Waals surface area contributed by atoms with Crippen LogP contribution in [0.3, 0.4) is 0 Å². The molecule has 0 spiro atoms. The van der Waals surface area contributed by atoms with Gasteiger partial charge in [-0.2, -0.15) is 0 Å². The first-order valence-corrected chi connectivity index (χ1v) is 12.5. The molecule has 0 aliphatic carbocycles. The van der Waals surface area contributed by atoms with E-state index in [9.17, 15) is 14.9 Å². The molecule has 4 rings (SSSR count). The van der Waals surface area contributed by atoms with Gasteiger partial charge in [0.1, 0.15) is 29.6 Å². The zero-order valence-electron chi connectivity index (χ0n) is 21.2. The Bertz CT molecular complexity index is 1450. The molecule has 1 N–H and O–H groups in total. The lowest BCUT2D eigenvalue weighted by molar-refractivity contribution is -0.384. The van der Waals surface area contributed by atoms with Crippen LogP contribution in [0, 0.1) is 17.0 Å². The minimum absolute atomic E-state index is 0.0398. The Balaban J connectivity index is 1.42. The first-order chi connectivity index (χ1) is 18.2. The standard InChI is InChI=1S/C29H27ClN2O6/c1-4-18(2)20-5-7-23(8-6-20)36-17-25-10-12-28(38-25)29(33)31-21-14-22(32(34)35)16-26(15-21)37-24-9-11-27(30)19(3)13-24/h5-16,18H,4,17H2,1-3H3,(H,31,33). The Morgan fingerprint density at radius 1 is 1.03 bits per heavy atom. The Hall–Kier alpha value is -4.30. The third-order valence-corrected chi connectivity index (χ3v) is 6.48. The first kappa shape index (κ1) is 26.8. The summed E-state index contributed by atoms with van der Waals surface area (Å²) in [7, 11) is 0. The van der Waals surface area contributed by atoms with Crippen LogP contribution in [0.25, 0.3) is 0 Å². The summed E-state index contributed by atoms with van der Waals surface area (Å²) in [6.07, 6.45) is 1.06. The van der Waals surface area contributed by atoms with Gasteiger partial charge in [-0.25, -0.2) is 0 Å². The second-order valence-electron chi connectivity index (χ2n) is 8.87. The minimum atomic E-state index is -0.567. The molecule has 1 heterocycles. The number of aryl methyl sites for hydroxylation is 1. The highest BCUT2D eigenvalue weighted by Gasteiger charge is 2.17. The van der Waals surface area contributed by atoms with E-state index in [1.54, 1.807) is 24.3 Å². The number of nitrogens with zero attached hydrogens (tertiary/aromatic N) is 1. The maximum atomic E-state index is 12.8. The van der Waals surface area contributed by atoms with Crippen molar-refractivity contribution < 1.29 is 23.6 Å². The summed E-state index contributed by atoms with van der Waals surface area (Å²) in [6.45, 7) is 6.28. The first-order valence-electron chi connectivity index (χ1n) is 12.1. The summed E-state index contributed by atoms with van der Waals surface area (Å²) < 4.78 is 17.2. The van der Waals surface area contributed by atoms with E-state index in [-0.39, 0.29) is 29.5 Å². The number of nitro groups is 1. The highest BCUT2D eigenvalue weighted by atomic mass is 35.5. The number of anilines is 1. The SMILES string of the molecule is CCC(C)c1ccc(OCc2ccc(C(=O)Nc3cc(Oc4ccc(Cl)c(C)c4)cc([N+](=O)[O-])c3)o2)cc1. The Labute approximate surface area is 225 Å². The molecule has 0 radical (unpaired) electrons. The van der Waals surface area contributed by atoms with E-state index in [4.69, 9.17) is 25.5 Å². The number of furan rings is 1. The van der Waals surface area contributed by atoms with Gasteiger partial charge in [0.25, 0.3) is 11.6 Å². The number of carbonyl (C=O) groups is 1. The molecule has 4 aromatic rings. The monoisotopic (exact) mass is 534 g/mol. The van der Waals surface area contributed by atoms with Crippen LogP contribution in [0.4, 0.5) is 11.4 Å². The molecule has 1 aromatic heterocycles. The average molecular weight is 535 g/mol. The van der Waals surface area contributed by atoms with Crippen LogP contribution < -0.4 is 14.8 Å². The van der Waals surface area contributed by atoms with E-state index in [1.165, 1.54) is 29.8 Å². The lowest BCUT2D eigenvalue weighted by Crippen LogP contribution is -2.11. The number of hydrogen-bond acceptors (Lipinski definition) is 6. The number of nitro benzene ring substituents is 1. The molecule has 0 aliphatic rings. The number of non-ortho nitro benzene ring substituents is 1. The molecule has 1 atom stereocenters. The van der Waals surface area contributed by atoms with Crippen molar-refractivity contribution in [2.24, 2.45) is 0 Å². The molecule has 1 amide bonds. The number of ether oxygens (including phenoxy) is 2. The molecular weight excluding hydrogens is 508 g/mol. The number of halogens is 1. The van der Waals surface area contributed by atoms with Gasteiger partial charge in [0.15, 0.2) is 5.76 Å². The normalized spacial score (nSPS) is 11.6. The maximum Gasteiger partial charge on any atom is 0.291 e. The molecule has 196 valence electrons. The number of hydrogen-bond donors (Lipinski definition) is 1. The van der Waals surface area contributed by atoms with Gasteiger partial charge in [0.2, 0.25) is 0 Å². The maximum absolute atomic E-state index is 12.8. The van der Waals surface area contributed by atoms with Crippen LogP contribution in [0.5, 0.6) is 17.2 Å². The molecule has 8 nitrogen and oxygen atoms in total. The van der Waals surface area contributed by atoms with Gasteiger partial charge >= 0.3 is 0 Å². The molecule has 38 heavy (non-hydrogen) atoms. The number of amides is 1. The van der Waals surface area contributed by atoms with Gasteiger partial charge in [0, 0.05) is 17.2 Å². The van der Waals surface area contributed by atoms with Crippen LogP contribution >= 0.6 is 11.6 Å². The lowest BCUT2D eigenvalue weighted by atomic mass is 9.99. The highest BCUT2D eigenvalue weighted by Crippen LogP contribution is 2.31. The molecule has 1 unspecified atom stereocenters. The fourth-order valence-electron chi connectivity index (χ4n) is 3.69. The molecule has 0 bridgehead atoms. The molecule has 9 heteroatoms. The summed E-state index contributed by atoms with van der Waals surface area (Å²) >= 11 is 6.06. The van der Waals surface area contributed by atoms with E-state index < -0.39 is 10.8 Å².